The number of ether oxygens (including phenoxy) is 1. The summed E-state index contributed by atoms with van der Waals surface area (Å²) in [6.07, 6.45) is 0.995. The zero-order valence-electron chi connectivity index (χ0n) is 14.3. The van der Waals surface area contributed by atoms with Crippen LogP contribution >= 0.6 is 0 Å². The highest BCUT2D eigenvalue weighted by Crippen LogP contribution is 2.38. The summed E-state index contributed by atoms with van der Waals surface area (Å²) in [5.74, 6) is -2.53. The lowest BCUT2D eigenvalue weighted by Crippen LogP contribution is -2.47. The zero-order chi connectivity index (χ0) is 18.2. The number of carbonyl (C=O) groups is 1. The second-order valence-corrected chi connectivity index (χ2v) is 6.78. The first-order valence-corrected chi connectivity index (χ1v) is 8.28. The number of amides is 1. The van der Waals surface area contributed by atoms with Crippen molar-refractivity contribution in [2.75, 3.05) is 13.7 Å². The van der Waals surface area contributed by atoms with E-state index in [9.17, 15) is 18.7 Å². The van der Waals surface area contributed by atoms with Crippen molar-refractivity contribution in [3.8, 4) is 5.75 Å². The number of nitrogens with one attached hydrogen (secondary N) is 2. The minimum atomic E-state index is -2.72. The van der Waals surface area contributed by atoms with E-state index in [1.165, 1.54) is 7.11 Å². The maximum atomic E-state index is 13.3. The third-order valence-corrected chi connectivity index (χ3v) is 5.03. The van der Waals surface area contributed by atoms with Crippen LogP contribution in [0, 0.1) is 6.92 Å². The fourth-order valence-corrected chi connectivity index (χ4v) is 3.34. The molecule has 0 unspecified atom stereocenters. The van der Waals surface area contributed by atoms with E-state index in [4.69, 9.17) is 4.74 Å². The molecular weight excluding hydrogens is 330 g/mol. The molecule has 0 atom stereocenters. The van der Waals surface area contributed by atoms with E-state index in [-0.39, 0.29) is 38.1 Å². The summed E-state index contributed by atoms with van der Waals surface area (Å²) in [5, 5.41) is 14.0. The third-order valence-electron chi connectivity index (χ3n) is 5.03. The van der Waals surface area contributed by atoms with E-state index in [2.05, 4.69) is 10.3 Å². The molecule has 0 radical (unpaired) electrons. The lowest BCUT2D eigenvalue weighted by molar-refractivity contribution is -0.101. The first-order valence-electron chi connectivity index (χ1n) is 8.28. The molecule has 1 fully saturated rings. The summed E-state index contributed by atoms with van der Waals surface area (Å²) in [4.78, 5) is 15.7. The van der Waals surface area contributed by atoms with Gasteiger partial charge in [0, 0.05) is 36.5 Å². The van der Waals surface area contributed by atoms with E-state index in [1.807, 2.05) is 13.0 Å². The number of aliphatic hydroxyl groups is 1. The van der Waals surface area contributed by atoms with Crippen LogP contribution in [-0.4, -0.2) is 41.2 Å². The monoisotopic (exact) mass is 352 g/mol. The average molecular weight is 352 g/mol. The number of benzene rings is 1. The molecule has 7 heteroatoms. The van der Waals surface area contributed by atoms with E-state index >= 15 is 0 Å². The minimum absolute atomic E-state index is 0.0283. The zero-order valence-corrected chi connectivity index (χ0v) is 14.3. The highest BCUT2D eigenvalue weighted by Gasteiger charge is 2.42. The Kier molecular flexibility index (Phi) is 4.45. The molecule has 0 saturated heterocycles. The van der Waals surface area contributed by atoms with Gasteiger partial charge < -0.3 is 20.1 Å². The van der Waals surface area contributed by atoms with E-state index < -0.39 is 11.5 Å². The van der Waals surface area contributed by atoms with Crippen LogP contribution in [0.15, 0.2) is 18.3 Å². The fourth-order valence-electron chi connectivity index (χ4n) is 3.34. The number of halogens is 2. The molecule has 5 nitrogen and oxygen atoms in total. The maximum absolute atomic E-state index is 13.3. The molecule has 1 aliphatic rings. The molecule has 1 aromatic heterocycles. The normalized spacial score (nSPS) is 18.9. The lowest BCUT2D eigenvalue weighted by Gasteiger charge is -2.35. The molecule has 1 heterocycles. The number of H-pyrrole nitrogens is 1. The molecule has 136 valence electrons. The summed E-state index contributed by atoms with van der Waals surface area (Å²) in [7, 11) is 1.53. The molecule has 0 spiro atoms. The molecule has 3 N–H and O–H groups in total. The predicted molar refractivity (Wildman–Crippen MR) is 90.3 cm³/mol. The Balaban J connectivity index is 1.76. The maximum Gasteiger partial charge on any atom is 0.251 e. The van der Waals surface area contributed by atoms with E-state index in [0.29, 0.717) is 11.3 Å². The summed E-state index contributed by atoms with van der Waals surface area (Å²) in [6, 6.07) is 3.50. The Morgan fingerprint density at radius 1 is 1.36 bits per heavy atom. The van der Waals surface area contributed by atoms with Crippen molar-refractivity contribution in [1.29, 1.82) is 0 Å². The second-order valence-electron chi connectivity index (χ2n) is 6.78. The van der Waals surface area contributed by atoms with Crippen LogP contribution in [0.2, 0.25) is 0 Å². The summed E-state index contributed by atoms with van der Waals surface area (Å²) in [5.41, 5.74) is 0.753. The Hall–Kier alpha value is -2.15. The van der Waals surface area contributed by atoms with E-state index in [0.717, 1.165) is 16.5 Å². The van der Waals surface area contributed by atoms with Gasteiger partial charge in [-0.25, -0.2) is 8.78 Å². The SMILES string of the molecule is COc1cc(C(=O)NCC2(O)CCC(F)(F)CC2)c(C)c2cc[nH]c12. The molecule has 1 amide bonds. The third kappa shape index (κ3) is 3.46. The van der Waals surface area contributed by atoms with Crippen LogP contribution in [0.1, 0.15) is 41.6 Å². The lowest BCUT2D eigenvalue weighted by atomic mass is 9.82. The van der Waals surface area contributed by atoms with Crippen LogP contribution in [0.25, 0.3) is 10.9 Å². The number of hydrogen-bond acceptors (Lipinski definition) is 3. The number of fused-ring (bicyclic) bond motifs is 1. The number of alkyl halides is 2. The van der Waals surface area contributed by atoms with Gasteiger partial charge in [0.25, 0.3) is 5.91 Å². The van der Waals surface area contributed by atoms with Crippen LogP contribution < -0.4 is 10.1 Å². The highest BCUT2D eigenvalue weighted by molar-refractivity contribution is 6.02. The quantitative estimate of drug-likeness (QED) is 0.791. The summed E-state index contributed by atoms with van der Waals surface area (Å²) in [6.45, 7) is 1.79. The molecule has 25 heavy (non-hydrogen) atoms. The smallest absolute Gasteiger partial charge is 0.251 e. The summed E-state index contributed by atoms with van der Waals surface area (Å²) >= 11 is 0. The minimum Gasteiger partial charge on any atom is -0.495 e. The highest BCUT2D eigenvalue weighted by atomic mass is 19.3. The van der Waals surface area contributed by atoms with Gasteiger partial charge in [-0.15, -0.1) is 0 Å². The van der Waals surface area contributed by atoms with Crippen molar-refractivity contribution in [2.45, 2.75) is 44.1 Å². The standard InChI is InChI=1S/C18H22F2N2O3/c1-11-12-3-8-21-15(12)14(25-2)9-13(11)16(23)22-10-17(24)4-6-18(19,20)7-5-17/h3,8-9,21,24H,4-7,10H2,1-2H3,(H,22,23). The van der Waals surface area contributed by atoms with Crippen molar-refractivity contribution in [2.24, 2.45) is 0 Å². The van der Waals surface area contributed by atoms with Gasteiger partial charge >= 0.3 is 0 Å². The van der Waals surface area contributed by atoms with Crippen LogP contribution in [0.3, 0.4) is 0 Å². The Labute approximate surface area is 144 Å². The number of rotatable bonds is 4. The first-order chi connectivity index (χ1) is 11.7. The van der Waals surface area contributed by atoms with Gasteiger partial charge in [0.1, 0.15) is 5.75 Å². The van der Waals surface area contributed by atoms with Gasteiger partial charge in [-0.05, 0) is 37.5 Å². The molecule has 0 aliphatic heterocycles. The molecule has 0 bridgehead atoms. The van der Waals surface area contributed by atoms with Crippen LogP contribution in [0.5, 0.6) is 5.75 Å². The number of aromatic nitrogens is 1. The van der Waals surface area contributed by atoms with Crippen molar-refractivity contribution in [3.63, 3.8) is 0 Å². The van der Waals surface area contributed by atoms with Crippen molar-refractivity contribution in [1.82, 2.24) is 10.3 Å². The fraction of sp³-hybridized carbons (Fsp3) is 0.500. The molecular formula is C18H22F2N2O3. The second kappa shape index (κ2) is 6.29. The van der Waals surface area contributed by atoms with Crippen molar-refractivity contribution < 1.29 is 23.4 Å². The Bertz CT molecular complexity index is 791. The van der Waals surface area contributed by atoms with Crippen molar-refractivity contribution in [3.05, 3.63) is 29.5 Å². The Morgan fingerprint density at radius 3 is 2.68 bits per heavy atom. The first kappa shape index (κ1) is 17.7. The van der Waals surface area contributed by atoms with Gasteiger partial charge in [-0.3, -0.25) is 4.79 Å². The van der Waals surface area contributed by atoms with Gasteiger partial charge in [0.05, 0.1) is 18.2 Å². The molecule has 3 rings (SSSR count). The van der Waals surface area contributed by atoms with Gasteiger partial charge in [0.15, 0.2) is 0 Å². The van der Waals surface area contributed by atoms with Crippen molar-refractivity contribution >= 4 is 16.8 Å². The largest absolute Gasteiger partial charge is 0.495 e. The van der Waals surface area contributed by atoms with E-state index in [1.54, 1.807) is 12.3 Å². The molecule has 2 aromatic rings. The average Bonchev–Trinajstić information content (AvgIpc) is 3.07. The number of carbonyl (C=O) groups excluding carboxylic acids is 1. The van der Waals surface area contributed by atoms with Gasteiger partial charge in [0.2, 0.25) is 5.92 Å². The number of aromatic amines is 1. The number of methoxy groups -OCH3 is 1. The molecule has 1 saturated carbocycles. The Morgan fingerprint density at radius 2 is 2.04 bits per heavy atom. The topological polar surface area (TPSA) is 74.3 Å². The summed E-state index contributed by atoms with van der Waals surface area (Å²) < 4.78 is 31.8. The molecule has 1 aliphatic carbocycles. The van der Waals surface area contributed by atoms with Gasteiger partial charge in [-0.1, -0.05) is 0 Å². The number of aryl methyl sites for hydroxylation is 1. The number of hydrogen-bond donors (Lipinski definition) is 3. The predicted octanol–water partition coefficient (Wildman–Crippen LogP) is 3.16. The van der Waals surface area contributed by atoms with Crippen LogP contribution in [0.4, 0.5) is 8.78 Å². The molecule has 1 aromatic carbocycles. The van der Waals surface area contributed by atoms with Crippen LogP contribution in [-0.2, 0) is 0 Å². The van der Waals surface area contributed by atoms with Gasteiger partial charge in [-0.2, -0.15) is 0 Å².